The zero-order valence-corrected chi connectivity index (χ0v) is 19.4. The molecular weight excluding hydrogens is 476 g/mol. The maximum absolute atomic E-state index is 13.3. The lowest BCUT2D eigenvalue weighted by atomic mass is 10.1. The minimum atomic E-state index is -3.66. The molecule has 0 aliphatic carbocycles. The van der Waals surface area contributed by atoms with Gasteiger partial charge in [0.2, 0.25) is 0 Å². The van der Waals surface area contributed by atoms with Crippen molar-refractivity contribution in [2.45, 2.75) is 30.7 Å². The van der Waals surface area contributed by atoms with Gasteiger partial charge in [0.05, 0.1) is 10.6 Å². The van der Waals surface area contributed by atoms with Crippen molar-refractivity contribution in [3.8, 4) is 0 Å². The van der Waals surface area contributed by atoms with Gasteiger partial charge in [0.15, 0.2) is 0 Å². The molecule has 0 unspecified atom stereocenters. The first-order valence-electron chi connectivity index (χ1n) is 10.2. The van der Waals surface area contributed by atoms with Crippen LogP contribution in [0.3, 0.4) is 0 Å². The zero-order chi connectivity index (χ0) is 21.8. The molecule has 3 aromatic carbocycles. The van der Waals surface area contributed by atoms with E-state index in [1.807, 2.05) is 25.1 Å². The van der Waals surface area contributed by atoms with E-state index in [4.69, 9.17) is 0 Å². The van der Waals surface area contributed by atoms with Crippen LogP contribution in [-0.4, -0.2) is 26.9 Å². The molecule has 0 N–H and O–H groups in total. The van der Waals surface area contributed by atoms with Gasteiger partial charge in [-0.25, -0.2) is 8.42 Å². The monoisotopic (exact) mass is 496 g/mol. The van der Waals surface area contributed by atoms with Gasteiger partial charge in [-0.3, -0.25) is 9.10 Å². The summed E-state index contributed by atoms with van der Waals surface area (Å²) in [5.74, 6) is -0.0547. The van der Waals surface area contributed by atoms with Crippen molar-refractivity contribution >= 4 is 43.2 Å². The number of nitrogens with zero attached hydrogens (tertiary/aromatic N) is 2. The predicted octanol–water partition coefficient (Wildman–Crippen LogP) is 4.79. The molecule has 2 aliphatic heterocycles. The number of sulfonamides is 1. The van der Waals surface area contributed by atoms with Gasteiger partial charge in [-0.1, -0.05) is 34.1 Å². The van der Waals surface area contributed by atoms with E-state index in [1.165, 1.54) is 4.31 Å². The summed E-state index contributed by atoms with van der Waals surface area (Å²) in [7, 11) is -3.66. The van der Waals surface area contributed by atoms with Crippen LogP contribution in [-0.2, 0) is 22.9 Å². The molecule has 31 heavy (non-hydrogen) atoms. The van der Waals surface area contributed by atoms with Crippen molar-refractivity contribution in [1.29, 1.82) is 0 Å². The Morgan fingerprint density at radius 1 is 0.968 bits per heavy atom. The quantitative estimate of drug-likeness (QED) is 0.523. The molecule has 7 heteroatoms. The summed E-state index contributed by atoms with van der Waals surface area (Å²) in [6.45, 7) is 2.54. The molecule has 3 aromatic rings. The maximum atomic E-state index is 13.3. The van der Waals surface area contributed by atoms with Crippen molar-refractivity contribution in [2.75, 3.05) is 15.7 Å². The van der Waals surface area contributed by atoms with Crippen molar-refractivity contribution in [3.63, 3.8) is 0 Å². The molecular formula is C24H21BrN2O3S. The molecule has 0 saturated heterocycles. The van der Waals surface area contributed by atoms with E-state index in [9.17, 15) is 13.2 Å². The van der Waals surface area contributed by atoms with Gasteiger partial charge >= 0.3 is 0 Å². The highest BCUT2D eigenvalue weighted by atomic mass is 79.9. The van der Waals surface area contributed by atoms with Crippen LogP contribution in [0.1, 0.15) is 28.4 Å². The standard InChI is InChI=1S/C24H21BrN2O3S/c1-16-13-19-14-18(24(28)26-12-11-17-15-20(25)8-10-22(17)26)7-9-23(19)27(16)31(29,30)21-5-3-2-4-6-21/h2-10,14-16H,11-13H2,1H3/t16-/m0/s1. The van der Waals surface area contributed by atoms with E-state index in [0.29, 0.717) is 24.2 Å². The summed E-state index contributed by atoms with van der Waals surface area (Å²) in [5, 5.41) is 0. The average Bonchev–Trinajstić information content (AvgIpc) is 3.33. The molecule has 0 aromatic heterocycles. The van der Waals surface area contributed by atoms with Gasteiger partial charge in [-0.05, 0) is 79.4 Å². The Kier molecular flexibility index (Phi) is 4.90. The van der Waals surface area contributed by atoms with Crippen LogP contribution < -0.4 is 9.21 Å². The molecule has 5 rings (SSSR count). The summed E-state index contributed by atoms with van der Waals surface area (Å²) in [6.07, 6.45) is 1.40. The number of carbonyl (C=O) groups excluding carboxylic acids is 1. The van der Waals surface area contributed by atoms with Gasteiger partial charge in [-0.2, -0.15) is 0 Å². The van der Waals surface area contributed by atoms with E-state index < -0.39 is 10.0 Å². The number of hydrogen-bond acceptors (Lipinski definition) is 3. The highest BCUT2D eigenvalue weighted by Gasteiger charge is 2.37. The summed E-state index contributed by atoms with van der Waals surface area (Å²) < 4.78 is 29.0. The first-order valence-corrected chi connectivity index (χ1v) is 12.4. The highest BCUT2D eigenvalue weighted by molar-refractivity contribution is 9.10. The third kappa shape index (κ3) is 3.36. The van der Waals surface area contributed by atoms with Gasteiger partial charge in [0.25, 0.3) is 15.9 Å². The molecule has 0 fully saturated rings. The molecule has 0 bridgehead atoms. The molecule has 2 aliphatic rings. The number of anilines is 2. The second-order valence-electron chi connectivity index (χ2n) is 7.99. The lowest BCUT2D eigenvalue weighted by molar-refractivity contribution is 0.0989. The summed E-state index contributed by atoms with van der Waals surface area (Å²) >= 11 is 3.49. The van der Waals surface area contributed by atoms with Crippen molar-refractivity contribution in [3.05, 3.63) is 87.9 Å². The number of amides is 1. The van der Waals surface area contributed by atoms with E-state index in [1.54, 1.807) is 47.4 Å². The minimum absolute atomic E-state index is 0.0547. The van der Waals surface area contributed by atoms with E-state index in [-0.39, 0.29) is 16.8 Å². The summed E-state index contributed by atoms with van der Waals surface area (Å²) in [6, 6.07) is 19.6. The van der Waals surface area contributed by atoms with Gasteiger partial charge in [0, 0.05) is 28.3 Å². The first-order chi connectivity index (χ1) is 14.9. The van der Waals surface area contributed by atoms with Crippen LogP contribution >= 0.6 is 15.9 Å². The number of halogens is 1. The minimum Gasteiger partial charge on any atom is -0.308 e. The molecule has 1 atom stereocenters. The number of fused-ring (bicyclic) bond motifs is 2. The molecule has 0 saturated carbocycles. The Morgan fingerprint density at radius 2 is 1.71 bits per heavy atom. The highest BCUT2D eigenvalue weighted by Crippen LogP contribution is 2.38. The average molecular weight is 497 g/mol. The maximum Gasteiger partial charge on any atom is 0.264 e. The Morgan fingerprint density at radius 3 is 2.48 bits per heavy atom. The zero-order valence-electron chi connectivity index (χ0n) is 17.0. The lowest BCUT2D eigenvalue weighted by Crippen LogP contribution is -2.35. The fraction of sp³-hybridized carbons (Fsp3) is 0.208. The first kappa shape index (κ1) is 20.3. The number of hydrogen-bond donors (Lipinski definition) is 0. The summed E-state index contributed by atoms with van der Waals surface area (Å²) in [5.41, 5.74) is 4.21. The van der Waals surface area contributed by atoms with Gasteiger partial charge in [-0.15, -0.1) is 0 Å². The SMILES string of the molecule is C[C@H]1Cc2cc(C(=O)N3CCc4cc(Br)ccc43)ccc2N1S(=O)(=O)c1ccccc1. The molecule has 0 radical (unpaired) electrons. The molecule has 1 amide bonds. The van der Waals surface area contributed by atoms with Crippen molar-refractivity contribution in [1.82, 2.24) is 0 Å². The number of benzene rings is 3. The van der Waals surface area contributed by atoms with Crippen LogP contribution in [0.25, 0.3) is 0 Å². The normalized spacial score (nSPS) is 17.5. The second kappa shape index (κ2) is 7.50. The largest absolute Gasteiger partial charge is 0.308 e. The van der Waals surface area contributed by atoms with E-state index in [2.05, 4.69) is 22.0 Å². The molecule has 158 valence electrons. The third-order valence-corrected chi connectivity index (χ3v) is 8.40. The Bertz CT molecular complexity index is 1290. The Hall–Kier alpha value is -2.64. The van der Waals surface area contributed by atoms with Crippen molar-refractivity contribution in [2.24, 2.45) is 0 Å². The smallest absolute Gasteiger partial charge is 0.264 e. The van der Waals surface area contributed by atoms with Crippen LogP contribution in [0, 0.1) is 0 Å². The molecule has 0 spiro atoms. The third-order valence-electron chi connectivity index (χ3n) is 5.96. The van der Waals surface area contributed by atoms with Crippen molar-refractivity contribution < 1.29 is 13.2 Å². The Balaban J connectivity index is 1.48. The van der Waals surface area contributed by atoms with Crippen LogP contribution in [0.2, 0.25) is 0 Å². The van der Waals surface area contributed by atoms with Crippen LogP contribution in [0.15, 0.2) is 76.1 Å². The molecule has 2 heterocycles. The summed E-state index contributed by atoms with van der Waals surface area (Å²) in [4.78, 5) is 15.3. The number of rotatable bonds is 3. The number of carbonyl (C=O) groups is 1. The predicted molar refractivity (Wildman–Crippen MR) is 125 cm³/mol. The molecule has 5 nitrogen and oxygen atoms in total. The fourth-order valence-corrected chi connectivity index (χ4v) is 6.67. The second-order valence-corrected chi connectivity index (χ2v) is 10.7. The Labute approximate surface area is 190 Å². The van der Waals surface area contributed by atoms with Gasteiger partial charge in [0.1, 0.15) is 0 Å². The van der Waals surface area contributed by atoms with E-state index in [0.717, 1.165) is 27.7 Å². The van der Waals surface area contributed by atoms with E-state index >= 15 is 0 Å². The van der Waals surface area contributed by atoms with Gasteiger partial charge < -0.3 is 4.90 Å². The topological polar surface area (TPSA) is 57.7 Å². The lowest BCUT2D eigenvalue weighted by Gasteiger charge is -2.24. The fourth-order valence-electron chi connectivity index (χ4n) is 4.55. The van der Waals surface area contributed by atoms with Crippen LogP contribution in [0.5, 0.6) is 0 Å². The van der Waals surface area contributed by atoms with Crippen LogP contribution in [0.4, 0.5) is 11.4 Å².